The number of Topliss-reactive ketones (excluding diaryl/α,β-unsaturated/α-hetero) is 1. The average molecular weight is 714 g/mol. The second kappa shape index (κ2) is 18.7. The van der Waals surface area contributed by atoms with Crippen LogP contribution in [0.15, 0.2) is 30.3 Å². The van der Waals surface area contributed by atoms with E-state index in [1.165, 1.54) is 16.2 Å². The Morgan fingerprint density at radius 3 is 1.96 bits per heavy atom. The number of nitrogens with one attached hydrogen (secondary N) is 5. The second-order valence-electron chi connectivity index (χ2n) is 15.6. The van der Waals surface area contributed by atoms with Crippen LogP contribution in [0.1, 0.15) is 99.1 Å². The molecule has 0 bridgehead atoms. The first kappa shape index (κ1) is 42.7. The lowest BCUT2D eigenvalue weighted by molar-refractivity contribution is -0.144. The number of ketones is 1. The van der Waals surface area contributed by atoms with Gasteiger partial charge >= 0.3 is 6.03 Å². The van der Waals surface area contributed by atoms with E-state index in [0.29, 0.717) is 37.8 Å². The van der Waals surface area contributed by atoms with Crippen LogP contribution in [0.3, 0.4) is 0 Å². The van der Waals surface area contributed by atoms with Crippen molar-refractivity contribution < 1.29 is 33.6 Å². The highest BCUT2D eigenvalue weighted by Crippen LogP contribution is 2.34. The van der Waals surface area contributed by atoms with E-state index in [0.717, 1.165) is 0 Å². The van der Waals surface area contributed by atoms with Crippen molar-refractivity contribution in [1.82, 2.24) is 36.4 Å². The zero-order chi connectivity index (χ0) is 38.7. The fraction of sp³-hybridized carbons (Fsp3) is 0.649. The molecule has 51 heavy (non-hydrogen) atoms. The summed E-state index contributed by atoms with van der Waals surface area (Å²) in [5.74, 6) is -4.21. The minimum absolute atomic E-state index is 0.253. The Bertz CT molecular complexity index is 1400. The summed E-state index contributed by atoms with van der Waals surface area (Å²) in [6, 6.07) is 4.20. The Labute approximate surface area is 302 Å². The highest BCUT2D eigenvalue weighted by atomic mass is 16.2. The van der Waals surface area contributed by atoms with E-state index in [1.807, 2.05) is 41.5 Å². The third kappa shape index (κ3) is 13.3. The largest absolute Gasteiger partial charge is 0.347 e. The third-order valence-electron chi connectivity index (χ3n) is 8.15. The number of nitrogens with zero attached hydrogens (tertiary/aromatic N) is 2. The predicted molar refractivity (Wildman–Crippen MR) is 194 cm³/mol. The van der Waals surface area contributed by atoms with E-state index >= 15 is 0 Å². The summed E-state index contributed by atoms with van der Waals surface area (Å²) in [6.45, 7) is 14.9. The molecule has 14 nitrogen and oxygen atoms in total. The Balaban J connectivity index is 0.00000290. The van der Waals surface area contributed by atoms with Gasteiger partial charge in [0.1, 0.15) is 24.2 Å². The van der Waals surface area contributed by atoms with Crippen LogP contribution in [0.5, 0.6) is 0 Å². The molecule has 1 aliphatic carbocycles. The lowest BCUT2D eigenvalue weighted by Crippen LogP contribution is -2.61. The van der Waals surface area contributed by atoms with Crippen molar-refractivity contribution in [2.75, 3.05) is 27.2 Å². The first-order valence-corrected chi connectivity index (χ1v) is 17.8. The maximum Gasteiger partial charge on any atom is 0.315 e. The van der Waals surface area contributed by atoms with E-state index in [9.17, 15) is 33.6 Å². The van der Waals surface area contributed by atoms with Crippen molar-refractivity contribution in [2.24, 2.45) is 11.3 Å². The third-order valence-corrected chi connectivity index (χ3v) is 8.15. The van der Waals surface area contributed by atoms with Gasteiger partial charge in [0.2, 0.25) is 29.4 Å². The molecule has 7 amide bonds. The van der Waals surface area contributed by atoms with Gasteiger partial charge < -0.3 is 36.4 Å². The summed E-state index contributed by atoms with van der Waals surface area (Å²) >= 11 is 0. The van der Waals surface area contributed by atoms with Gasteiger partial charge in [-0.2, -0.15) is 0 Å². The SMILES string of the molecule is CCC.CN(C)C(=O)C(NC(=O)CNC(=O)C(=O)C(NC(=O)C1CCCN1C(=O)C(NC(=O)NC(C)(C)C)C(C)(C)C)C1CC1)c1ccccc1. The molecule has 0 spiro atoms. The molecule has 1 aromatic carbocycles. The van der Waals surface area contributed by atoms with Crippen LogP contribution in [0.4, 0.5) is 4.79 Å². The second-order valence-corrected chi connectivity index (χ2v) is 15.6. The van der Waals surface area contributed by atoms with Gasteiger partial charge in [-0.1, -0.05) is 71.4 Å². The molecule has 1 saturated heterocycles. The number of carbonyl (C=O) groups excluding carboxylic acids is 7. The highest BCUT2D eigenvalue weighted by Gasteiger charge is 2.45. The minimum atomic E-state index is -1.13. The number of carbonyl (C=O) groups is 7. The number of hydrogen-bond acceptors (Lipinski definition) is 7. The number of likely N-dealkylation sites (tertiary alicyclic amines) is 1. The van der Waals surface area contributed by atoms with E-state index < -0.39 is 77.1 Å². The van der Waals surface area contributed by atoms with E-state index in [2.05, 4.69) is 40.4 Å². The van der Waals surface area contributed by atoms with Crippen LogP contribution in [-0.2, 0) is 28.8 Å². The maximum absolute atomic E-state index is 13.8. The number of benzene rings is 1. The number of likely N-dealkylation sites (N-methyl/N-ethyl adjacent to an activating group) is 1. The van der Waals surface area contributed by atoms with Crippen molar-refractivity contribution in [3.63, 3.8) is 0 Å². The molecule has 1 heterocycles. The topological polar surface area (TPSA) is 186 Å². The van der Waals surface area contributed by atoms with Gasteiger partial charge in [-0.3, -0.25) is 28.8 Å². The molecule has 1 saturated carbocycles. The van der Waals surface area contributed by atoms with Crippen molar-refractivity contribution in [2.45, 2.75) is 117 Å². The van der Waals surface area contributed by atoms with Crippen molar-refractivity contribution in [3.05, 3.63) is 35.9 Å². The first-order chi connectivity index (χ1) is 23.7. The van der Waals surface area contributed by atoms with Gasteiger partial charge in [-0.05, 0) is 63.4 Å². The Kier molecular flexibility index (Phi) is 15.6. The zero-order valence-electron chi connectivity index (χ0n) is 32.0. The molecule has 4 atom stereocenters. The molecule has 284 valence electrons. The van der Waals surface area contributed by atoms with Gasteiger partial charge in [0, 0.05) is 26.2 Å². The first-order valence-electron chi connectivity index (χ1n) is 17.8. The van der Waals surface area contributed by atoms with Crippen LogP contribution >= 0.6 is 0 Å². The molecule has 2 fully saturated rings. The summed E-state index contributed by atoms with van der Waals surface area (Å²) in [4.78, 5) is 94.5. The Hall–Kier alpha value is -4.49. The molecule has 2 aliphatic rings. The molecule has 0 radical (unpaired) electrons. The van der Waals surface area contributed by atoms with Crippen LogP contribution in [0.2, 0.25) is 0 Å². The smallest absolute Gasteiger partial charge is 0.315 e. The van der Waals surface area contributed by atoms with Crippen molar-refractivity contribution in [3.8, 4) is 0 Å². The molecule has 3 rings (SSSR count). The summed E-state index contributed by atoms with van der Waals surface area (Å²) in [7, 11) is 3.12. The summed E-state index contributed by atoms with van der Waals surface area (Å²) in [6.07, 6.45) is 3.41. The quantitative estimate of drug-likeness (QED) is 0.206. The van der Waals surface area contributed by atoms with Crippen LogP contribution in [-0.4, -0.2) is 102 Å². The van der Waals surface area contributed by atoms with Crippen LogP contribution in [0, 0.1) is 11.3 Å². The number of amides is 7. The Morgan fingerprint density at radius 1 is 0.863 bits per heavy atom. The lowest BCUT2D eigenvalue weighted by atomic mass is 9.85. The van der Waals surface area contributed by atoms with Gasteiger partial charge in [0.15, 0.2) is 0 Å². The van der Waals surface area contributed by atoms with Gasteiger partial charge in [0.05, 0.1) is 6.54 Å². The van der Waals surface area contributed by atoms with Crippen LogP contribution in [0.25, 0.3) is 0 Å². The van der Waals surface area contributed by atoms with Crippen molar-refractivity contribution >= 4 is 41.4 Å². The molecular weight excluding hydrogens is 654 g/mol. The number of hydrogen-bond donors (Lipinski definition) is 5. The molecule has 0 aromatic heterocycles. The maximum atomic E-state index is 13.8. The van der Waals surface area contributed by atoms with Gasteiger partial charge in [-0.25, -0.2) is 4.79 Å². The fourth-order valence-corrected chi connectivity index (χ4v) is 5.49. The molecule has 14 heteroatoms. The van der Waals surface area contributed by atoms with Crippen LogP contribution < -0.4 is 26.6 Å². The van der Waals surface area contributed by atoms with Crippen molar-refractivity contribution in [1.29, 1.82) is 0 Å². The lowest BCUT2D eigenvalue weighted by Gasteiger charge is -2.36. The predicted octanol–water partition coefficient (Wildman–Crippen LogP) is 2.43. The Morgan fingerprint density at radius 2 is 1.45 bits per heavy atom. The summed E-state index contributed by atoms with van der Waals surface area (Å²) < 4.78 is 0. The summed E-state index contributed by atoms with van der Waals surface area (Å²) in [5.41, 5.74) is -0.643. The molecule has 5 N–H and O–H groups in total. The summed E-state index contributed by atoms with van der Waals surface area (Å²) in [5, 5.41) is 13.2. The molecular formula is C37H59N7O7. The average Bonchev–Trinajstić information content (AvgIpc) is 3.76. The normalized spacial score (nSPS) is 17.4. The standard InChI is InChI=1S/C34H51N7O7.C3H8/c1-33(2,3)27(38-32(48)39-34(4,5)6)31(47)41-18-12-15-22(41)28(44)37-24(21-16-17-21)26(43)29(45)35-19-23(42)36-25(30(46)40(7)8)20-13-10-9-11-14-20;1-3-2/h9-11,13-14,21-22,24-25,27H,12,15-19H2,1-8H3,(H,35,45)(H,36,42)(H,37,44)(H2,38,39,48);3H2,1-2H3. The van der Waals surface area contributed by atoms with E-state index in [4.69, 9.17) is 0 Å². The number of rotatable bonds is 12. The van der Waals surface area contributed by atoms with E-state index in [1.54, 1.807) is 44.4 Å². The van der Waals surface area contributed by atoms with E-state index in [-0.39, 0.29) is 11.8 Å². The molecule has 1 aliphatic heterocycles. The zero-order valence-corrected chi connectivity index (χ0v) is 32.0. The van der Waals surface area contributed by atoms with Gasteiger partial charge in [0.25, 0.3) is 5.91 Å². The molecule has 1 aromatic rings. The van der Waals surface area contributed by atoms with Gasteiger partial charge in [-0.15, -0.1) is 0 Å². The fourth-order valence-electron chi connectivity index (χ4n) is 5.49. The number of urea groups is 1. The monoisotopic (exact) mass is 713 g/mol. The molecule has 4 unspecified atom stereocenters. The minimum Gasteiger partial charge on any atom is -0.347 e. The highest BCUT2D eigenvalue weighted by molar-refractivity contribution is 6.38.